The van der Waals surface area contributed by atoms with E-state index in [1.54, 1.807) is 0 Å². The van der Waals surface area contributed by atoms with Crippen molar-refractivity contribution < 1.29 is 4.74 Å². The van der Waals surface area contributed by atoms with Crippen molar-refractivity contribution in [2.24, 2.45) is 9.98 Å². The summed E-state index contributed by atoms with van der Waals surface area (Å²) in [7, 11) is 2.10. The van der Waals surface area contributed by atoms with Crippen LogP contribution in [0.1, 0.15) is 12.8 Å². The van der Waals surface area contributed by atoms with Crippen LogP contribution in [0.25, 0.3) is 0 Å². The smallest absolute Gasteiger partial charge is 0.227 e. The molecule has 5 heteroatoms. The fourth-order valence-electron chi connectivity index (χ4n) is 2.60. The molecule has 2 fully saturated rings. The van der Waals surface area contributed by atoms with Crippen LogP contribution < -0.4 is 0 Å². The van der Waals surface area contributed by atoms with Gasteiger partial charge >= 0.3 is 0 Å². The average Bonchev–Trinajstić information content (AvgIpc) is 2.94. The molecule has 2 heterocycles. The Balaban J connectivity index is 1.88. The first kappa shape index (κ1) is 14.1. The van der Waals surface area contributed by atoms with Gasteiger partial charge in [0.25, 0.3) is 0 Å². The van der Waals surface area contributed by atoms with Crippen LogP contribution >= 0.6 is 0 Å². The SMILES string of the molecule is CN1CCC/C1=N\C(=N\c1ccccc1)N1CCOCC1. The molecule has 3 rings (SSSR count). The van der Waals surface area contributed by atoms with Gasteiger partial charge in [0.15, 0.2) is 0 Å². The van der Waals surface area contributed by atoms with Crippen LogP contribution in [-0.4, -0.2) is 61.5 Å². The van der Waals surface area contributed by atoms with Gasteiger partial charge in [-0.1, -0.05) is 18.2 Å². The molecule has 2 saturated heterocycles. The van der Waals surface area contributed by atoms with Crippen LogP contribution in [0.5, 0.6) is 0 Å². The predicted octanol–water partition coefficient (Wildman–Crippen LogP) is 2.13. The van der Waals surface area contributed by atoms with E-state index in [9.17, 15) is 0 Å². The number of rotatable bonds is 1. The Bertz CT molecular complexity index is 520. The molecule has 5 nitrogen and oxygen atoms in total. The minimum atomic E-state index is 0.745. The standard InChI is InChI=1S/C16H22N4O/c1-19-9-5-8-15(19)18-16(20-10-12-21-13-11-20)17-14-6-3-2-4-7-14/h2-4,6-7H,5,8-13H2,1H3/b17-16-,18-15+. The van der Waals surface area contributed by atoms with Crippen LogP contribution in [-0.2, 0) is 4.74 Å². The minimum Gasteiger partial charge on any atom is -0.378 e. The molecule has 0 aromatic heterocycles. The largest absolute Gasteiger partial charge is 0.378 e. The molecule has 21 heavy (non-hydrogen) atoms. The zero-order valence-corrected chi connectivity index (χ0v) is 12.5. The number of hydrogen-bond acceptors (Lipinski definition) is 2. The summed E-state index contributed by atoms with van der Waals surface area (Å²) in [4.78, 5) is 14.0. The highest BCUT2D eigenvalue weighted by molar-refractivity contribution is 5.97. The fraction of sp³-hybridized carbons (Fsp3) is 0.500. The monoisotopic (exact) mass is 286 g/mol. The maximum Gasteiger partial charge on any atom is 0.227 e. The first-order valence-electron chi connectivity index (χ1n) is 7.58. The van der Waals surface area contributed by atoms with E-state index < -0.39 is 0 Å². The number of ether oxygens (including phenoxy) is 1. The lowest BCUT2D eigenvalue weighted by atomic mass is 10.3. The van der Waals surface area contributed by atoms with Crippen molar-refractivity contribution in [3.63, 3.8) is 0 Å². The van der Waals surface area contributed by atoms with Crippen LogP contribution in [0, 0.1) is 0 Å². The van der Waals surface area contributed by atoms with Crippen molar-refractivity contribution >= 4 is 17.5 Å². The van der Waals surface area contributed by atoms with E-state index in [-0.39, 0.29) is 0 Å². The summed E-state index contributed by atoms with van der Waals surface area (Å²) >= 11 is 0. The Labute approximate surface area is 125 Å². The minimum absolute atomic E-state index is 0.745. The third-order valence-corrected chi connectivity index (χ3v) is 3.84. The molecule has 1 aromatic carbocycles. The molecular weight excluding hydrogens is 264 g/mol. The molecule has 0 saturated carbocycles. The number of morpholine rings is 1. The Hall–Kier alpha value is -1.88. The molecule has 0 bridgehead atoms. The van der Waals surface area contributed by atoms with Crippen LogP contribution in [0.3, 0.4) is 0 Å². The first-order valence-corrected chi connectivity index (χ1v) is 7.58. The number of guanidine groups is 1. The zero-order chi connectivity index (χ0) is 14.5. The number of likely N-dealkylation sites (tertiary alicyclic amines) is 1. The van der Waals surface area contributed by atoms with Crippen molar-refractivity contribution in [3.8, 4) is 0 Å². The summed E-state index contributed by atoms with van der Waals surface area (Å²) in [5, 5.41) is 0. The second kappa shape index (κ2) is 6.72. The number of amidine groups is 1. The Kier molecular flexibility index (Phi) is 4.50. The third-order valence-electron chi connectivity index (χ3n) is 3.84. The Morgan fingerprint density at radius 1 is 1.10 bits per heavy atom. The van der Waals surface area contributed by atoms with Gasteiger partial charge in [0.2, 0.25) is 5.96 Å². The van der Waals surface area contributed by atoms with E-state index in [4.69, 9.17) is 14.7 Å². The van der Waals surface area contributed by atoms with Crippen molar-refractivity contribution in [2.75, 3.05) is 39.9 Å². The summed E-state index contributed by atoms with van der Waals surface area (Å²) in [5.74, 6) is 1.95. The number of benzene rings is 1. The number of hydrogen-bond donors (Lipinski definition) is 0. The highest BCUT2D eigenvalue weighted by Crippen LogP contribution is 2.15. The van der Waals surface area contributed by atoms with Crippen LogP contribution in [0.4, 0.5) is 5.69 Å². The van der Waals surface area contributed by atoms with Crippen LogP contribution in [0.15, 0.2) is 40.3 Å². The molecule has 2 aliphatic heterocycles. The van der Waals surface area contributed by atoms with E-state index in [1.807, 2.05) is 30.3 Å². The highest BCUT2D eigenvalue weighted by atomic mass is 16.5. The quantitative estimate of drug-likeness (QED) is 0.586. The lowest BCUT2D eigenvalue weighted by Crippen LogP contribution is -2.40. The van der Waals surface area contributed by atoms with Crippen molar-refractivity contribution in [1.29, 1.82) is 0 Å². The van der Waals surface area contributed by atoms with Gasteiger partial charge in [-0.05, 0) is 18.6 Å². The van der Waals surface area contributed by atoms with E-state index >= 15 is 0 Å². The second-order valence-corrected chi connectivity index (χ2v) is 5.40. The molecule has 0 unspecified atom stereocenters. The number of nitrogens with zero attached hydrogens (tertiary/aromatic N) is 4. The normalized spacial score (nSPS) is 22.1. The molecule has 0 atom stereocenters. The van der Waals surface area contributed by atoms with E-state index in [0.717, 1.165) is 56.8 Å². The van der Waals surface area contributed by atoms with Gasteiger partial charge < -0.3 is 14.5 Å². The number of para-hydroxylation sites is 1. The van der Waals surface area contributed by atoms with E-state index in [0.29, 0.717) is 0 Å². The highest BCUT2D eigenvalue weighted by Gasteiger charge is 2.19. The van der Waals surface area contributed by atoms with E-state index in [1.165, 1.54) is 6.42 Å². The molecule has 0 spiro atoms. The summed E-state index contributed by atoms with van der Waals surface area (Å²) in [5.41, 5.74) is 0.948. The maximum atomic E-state index is 5.44. The lowest BCUT2D eigenvalue weighted by molar-refractivity contribution is 0.0676. The van der Waals surface area contributed by atoms with Gasteiger partial charge in [-0.15, -0.1) is 0 Å². The van der Waals surface area contributed by atoms with E-state index in [2.05, 4.69) is 16.8 Å². The number of aliphatic imine (C=N–C) groups is 2. The molecular formula is C16H22N4O. The molecule has 0 radical (unpaired) electrons. The molecule has 0 amide bonds. The van der Waals surface area contributed by atoms with Gasteiger partial charge in [-0.3, -0.25) is 0 Å². The van der Waals surface area contributed by atoms with Gasteiger partial charge in [0, 0.05) is 33.1 Å². The molecule has 1 aromatic rings. The average molecular weight is 286 g/mol. The Morgan fingerprint density at radius 3 is 2.52 bits per heavy atom. The van der Waals surface area contributed by atoms with Gasteiger partial charge in [-0.2, -0.15) is 4.99 Å². The molecule has 0 aliphatic carbocycles. The van der Waals surface area contributed by atoms with Crippen molar-refractivity contribution in [3.05, 3.63) is 30.3 Å². The zero-order valence-electron chi connectivity index (χ0n) is 12.5. The molecule has 112 valence electrons. The Morgan fingerprint density at radius 2 is 1.86 bits per heavy atom. The first-order chi connectivity index (χ1) is 10.3. The van der Waals surface area contributed by atoms with Crippen LogP contribution in [0.2, 0.25) is 0 Å². The van der Waals surface area contributed by atoms with Gasteiger partial charge in [-0.25, -0.2) is 4.99 Å². The lowest BCUT2D eigenvalue weighted by Gasteiger charge is -2.28. The third kappa shape index (κ3) is 3.61. The maximum absolute atomic E-state index is 5.44. The van der Waals surface area contributed by atoms with Gasteiger partial charge in [0.1, 0.15) is 5.84 Å². The fourth-order valence-corrected chi connectivity index (χ4v) is 2.60. The summed E-state index contributed by atoms with van der Waals surface area (Å²) in [6, 6.07) is 10.0. The second-order valence-electron chi connectivity index (χ2n) is 5.40. The molecule has 2 aliphatic rings. The van der Waals surface area contributed by atoms with Crippen molar-refractivity contribution in [1.82, 2.24) is 9.80 Å². The predicted molar refractivity (Wildman–Crippen MR) is 85.2 cm³/mol. The molecule has 0 N–H and O–H groups in total. The summed E-state index contributed by atoms with van der Waals surface area (Å²) < 4.78 is 5.44. The van der Waals surface area contributed by atoms with Gasteiger partial charge in [0.05, 0.1) is 18.9 Å². The topological polar surface area (TPSA) is 40.4 Å². The summed E-state index contributed by atoms with van der Waals surface area (Å²) in [6.45, 7) is 4.28. The van der Waals surface area contributed by atoms with Crippen molar-refractivity contribution in [2.45, 2.75) is 12.8 Å². The summed E-state index contributed by atoms with van der Waals surface area (Å²) in [6.07, 6.45) is 2.21.